The first kappa shape index (κ1) is 18.8. The second-order valence-electron chi connectivity index (χ2n) is 7.24. The molecule has 1 aromatic rings. The van der Waals surface area contributed by atoms with E-state index in [2.05, 4.69) is 6.92 Å². The molecular formula is C19H32O3. The van der Waals surface area contributed by atoms with Gasteiger partial charge in [0, 0.05) is 0 Å². The fraction of sp³-hybridized carbons (Fsp3) is 0.684. The van der Waals surface area contributed by atoms with E-state index in [1.54, 1.807) is 0 Å². The predicted molar refractivity (Wildman–Crippen MR) is 91.7 cm³/mol. The molecule has 0 saturated carbocycles. The third kappa shape index (κ3) is 5.88. The van der Waals surface area contributed by atoms with Crippen LogP contribution in [0, 0.1) is 26.7 Å². The van der Waals surface area contributed by atoms with Gasteiger partial charge in [-0.3, -0.25) is 0 Å². The molecule has 1 aromatic carbocycles. The maximum atomic E-state index is 9.91. The Hall–Kier alpha value is -1.22. The number of aromatic hydroxyl groups is 1. The first-order chi connectivity index (χ1) is 10.1. The molecule has 2 N–H and O–H groups in total. The van der Waals surface area contributed by atoms with Gasteiger partial charge in [-0.2, -0.15) is 0 Å². The Morgan fingerprint density at radius 2 is 1.77 bits per heavy atom. The van der Waals surface area contributed by atoms with Gasteiger partial charge in [0.2, 0.25) is 0 Å². The molecule has 0 saturated heterocycles. The van der Waals surface area contributed by atoms with Crippen LogP contribution in [0.25, 0.3) is 0 Å². The van der Waals surface area contributed by atoms with Crippen LogP contribution in [0.5, 0.6) is 11.5 Å². The number of hydrogen-bond donors (Lipinski definition) is 2. The van der Waals surface area contributed by atoms with Crippen molar-refractivity contribution < 1.29 is 14.9 Å². The van der Waals surface area contributed by atoms with Crippen LogP contribution in [0.1, 0.15) is 63.1 Å². The van der Waals surface area contributed by atoms with E-state index in [9.17, 15) is 10.2 Å². The molecule has 0 spiro atoms. The van der Waals surface area contributed by atoms with Crippen LogP contribution in [0.3, 0.4) is 0 Å². The normalized spacial score (nSPS) is 13.2. The van der Waals surface area contributed by atoms with Crippen molar-refractivity contribution in [2.75, 3.05) is 6.61 Å². The summed E-state index contributed by atoms with van der Waals surface area (Å²) in [5, 5.41) is 19.6. The predicted octanol–water partition coefficient (Wildman–Crippen LogP) is 4.66. The summed E-state index contributed by atoms with van der Waals surface area (Å²) in [4.78, 5) is 0. The minimum atomic E-state index is -0.561. The molecule has 0 bridgehead atoms. The van der Waals surface area contributed by atoms with E-state index >= 15 is 0 Å². The fourth-order valence-electron chi connectivity index (χ4n) is 2.58. The summed E-state index contributed by atoms with van der Waals surface area (Å²) in [6, 6.07) is 1.91. The van der Waals surface area contributed by atoms with Crippen molar-refractivity contribution in [3.05, 3.63) is 22.8 Å². The summed E-state index contributed by atoms with van der Waals surface area (Å²) in [7, 11) is 0. The van der Waals surface area contributed by atoms with E-state index in [-0.39, 0.29) is 0 Å². The Morgan fingerprint density at radius 3 is 2.36 bits per heavy atom. The lowest BCUT2D eigenvalue weighted by Gasteiger charge is -2.19. The average molecular weight is 308 g/mol. The Balaban J connectivity index is 2.41. The highest BCUT2D eigenvalue weighted by Gasteiger charge is 2.13. The molecule has 1 unspecified atom stereocenters. The first-order valence-electron chi connectivity index (χ1n) is 8.26. The van der Waals surface area contributed by atoms with Gasteiger partial charge in [-0.25, -0.2) is 0 Å². The summed E-state index contributed by atoms with van der Waals surface area (Å²) >= 11 is 0. The zero-order chi connectivity index (χ0) is 16.9. The summed E-state index contributed by atoms with van der Waals surface area (Å²) in [5.74, 6) is 1.82. The van der Waals surface area contributed by atoms with Crippen LogP contribution in [-0.4, -0.2) is 22.4 Å². The molecule has 0 aliphatic carbocycles. The lowest BCUT2D eigenvalue weighted by Crippen LogP contribution is -2.18. The van der Waals surface area contributed by atoms with Gasteiger partial charge in [0.15, 0.2) is 0 Å². The molecule has 1 rings (SSSR count). The number of hydrogen-bond acceptors (Lipinski definition) is 3. The molecule has 1 atom stereocenters. The van der Waals surface area contributed by atoms with E-state index < -0.39 is 5.60 Å². The van der Waals surface area contributed by atoms with E-state index in [0.717, 1.165) is 48.1 Å². The summed E-state index contributed by atoms with van der Waals surface area (Å²) < 4.78 is 5.91. The molecule has 0 aliphatic rings. The Morgan fingerprint density at radius 1 is 1.14 bits per heavy atom. The van der Waals surface area contributed by atoms with Gasteiger partial charge < -0.3 is 14.9 Å². The first-order valence-corrected chi connectivity index (χ1v) is 8.26. The molecule has 0 aliphatic heterocycles. The van der Waals surface area contributed by atoms with Crippen molar-refractivity contribution in [3.63, 3.8) is 0 Å². The number of phenolic OH excluding ortho intramolecular Hbond substituents is 1. The van der Waals surface area contributed by atoms with Crippen LogP contribution in [-0.2, 0) is 0 Å². The largest absolute Gasteiger partial charge is 0.507 e. The summed E-state index contributed by atoms with van der Waals surface area (Å²) in [5.41, 5.74) is 2.20. The van der Waals surface area contributed by atoms with E-state index in [1.165, 1.54) is 0 Å². The van der Waals surface area contributed by atoms with Gasteiger partial charge in [0.25, 0.3) is 0 Å². The highest BCUT2D eigenvalue weighted by molar-refractivity contribution is 5.51. The fourth-order valence-corrected chi connectivity index (χ4v) is 2.58. The lowest BCUT2D eigenvalue weighted by molar-refractivity contribution is 0.0667. The van der Waals surface area contributed by atoms with Crippen molar-refractivity contribution in [1.29, 1.82) is 0 Å². The minimum Gasteiger partial charge on any atom is -0.507 e. The van der Waals surface area contributed by atoms with Crippen molar-refractivity contribution in [3.8, 4) is 11.5 Å². The number of phenols is 1. The second-order valence-corrected chi connectivity index (χ2v) is 7.24. The maximum absolute atomic E-state index is 9.91. The molecule has 0 fully saturated rings. The van der Waals surface area contributed by atoms with Gasteiger partial charge in [0.1, 0.15) is 11.5 Å². The SMILES string of the molecule is Cc1cc(OCCC(C)CCCC(C)(C)O)c(C)c(C)c1O. The zero-order valence-electron chi connectivity index (χ0n) is 15.0. The van der Waals surface area contributed by atoms with Crippen LogP contribution in [0.15, 0.2) is 6.07 Å². The van der Waals surface area contributed by atoms with Crippen molar-refractivity contribution in [2.24, 2.45) is 5.92 Å². The zero-order valence-corrected chi connectivity index (χ0v) is 15.0. The molecular weight excluding hydrogens is 276 g/mol. The van der Waals surface area contributed by atoms with Crippen LogP contribution < -0.4 is 4.74 Å². The number of aryl methyl sites for hydroxylation is 1. The van der Waals surface area contributed by atoms with E-state index in [4.69, 9.17) is 4.74 Å². The topological polar surface area (TPSA) is 49.7 Å². The Kier molecular flexibility index (Phi) is 6.73. The molecule has 126 valence electrons. The molecule has 0 heterocycles. The lowest BCUT2D eigenvalue weighted by atomic mass is 9.95. The van der Waals surface area contributed by atoms with Gasteiger partial charge >= 0.3 is 0 Å². The molecule has 0 radical (unpaired) electrons. The molecule has 3 heteroatoms. The molecule has 22 heavy (non-hydrogen) atoms. The van der Waals surface area contributed by atoms with Crippen molar-refractivity contribution in [2.45, 2.75) is 72.8 Å². The van der Waals surface area contributed by atoms with Gasteiger partial charge in [-0.1, -0.05) is 19.8 Å². The summed E-state index contributed by atoms with van der Waals surface area (Å²) in [6.45, 7) is 12.4. The number of benzene rings is 1. The van der Waals surface area contributed by atoms with E-state index in [0.29, 0.717) is 18.3 Å². The molecule has 0 amide bonds. The number of aliphatic hydroxyl groups is 1. The van der Waals surface area contributed by atoms with Crippen molar-refractivity contribution >= 4 is 0 Å². The smallest absolute Gasteiger partial charge is 0.122 e. The van der Waals surface area contributed by atoms with Crippen LogP contribution in [0.4, 0.5) is 0 Å². The van der Waals surface area contributed by atoms with Crippen LogP contribution >= 0.6 is 0 Å². The molecule has 0 aromatic heterocycles. The van der Waals surface area contributed by atoms with E-state index in [1.807, 2.05) is 40.7 Å². The Bertz CT molecular complexity index is 486. The number of ether oxygens (including phenoxy) is 1. The van der Waals surface area contributed by atoms with Crippen LogP contribution in [0.2, 0.25) is 0 Å². The highest BCUT2D eigenvalue weighted by atomic mass is 16.5. The Labute approximate surface area is 135 Å². The van der Waals surface area contributed by atoms with Gasteiger partial charge in [-0.05, 0) is 76.1 Å². The minimum absolute atomic E-state index is 0.366. The number of rotatable bonds is 8. The third-order valence-electron chi connectivity index (χ3n) is 4.36. The molecule has 3 nitrogen and oxygen atoms in total. The summed E-state index contributed by atoms with van der Waals surface area (Å²) in [6.07, 6.45) is 4.00. The van der Waals surface area contributed by atoms with Gasteiger partial charge in [-0.15, -0.1) is 0 Å². The third-order valence-corrected chi connectivity index (χ3v) is 4.36. The standard InChI is InChI=1S/C19H32O3/c1-13(8-7-10-19(5,6)21)9-11-22-17-12-14(2)18(20)16(4)15(17)3/h12-13,20-21H,7-11H2,1-6H3. The quantitative estimate of drug-likeness (QED) is 0.734. The highest BCUT2D eigenvalue weighted by Crippen LogP contribution is 2.32. The second kappa shape index (κ2) is 7.87. The monoisotopic (exact) mass is 308 g/mol. The van der Waals surface area contributed by atoms with Crippen molar-refractivity contribution in [1.82, 2.24) is 0 Å². The average Bonchev–Trinajstić information content (AvgIpc) is 2.40. The maximum Gasteiger partial charge on any atom is 0.122 e. The van der Waals surface area contributed by atoms with Gasteiger partial charge in [0.05, 0.1) is 12.2 Å².